The van der Waals surface area contributed by atoms with E-state index in [4.69, 9.17) is 11.0 Å². The van der Waals surface area contributed by atoms with Crippen LogP contribution in [0.5, 0.6) is 0 Å². The molecule has 0 bridgehead atoms. The summed E-state index contributed by atoms with van der Waals surface area (Å²) in [6.45, 7) is 3.15. The average molecular weight is 226 g/mol. The molecule has 1 aliphatic carbocycles. The Hall–Kier alpha value is -2.02. The highest BCUT2D eigenvalue weighted by molar-refractivity contribution is 5.84. The number of aromatic nitrogens is 2. The topological polar surface area (TPSA) is 67.6 Å². The van der Waals surface area contributed by atoms with Crippen LogP contribution in [-0.2, 0) is 6.54 Å². The Labute approximate surface area is 99.7 Å². The van der Waals surface area contributed by atoms with Crippen LogP contribution in [0.25, 0.3) is 11.0 Å². The lowest BCUT2D eigenvalue weighted by Crippen LogP contribution is -2.10. The maximum Gasteiger partial charge on any atom is 0.201 e. The number of nitriles is 1. The molecule has 4 heteroatoms. The van der Waals surface area contributed by atoms with Crippen molar-refractivity contribution in [3.63, 3.8) is 0 Å². The molecule has 3 rings (SSSR count). The molecule has 0 spiro atoms. The minimum atomic E-state index is 0.365. The Morgan fingerprint density at radius 1 is 1.53 bits per heavy atom. The molecule has 0 unspecified atom stereocenters. The molecule has 0 amide bonds. The van der Waals surface area contributed by atoms with Gasteiger partial charge in [0, 0.05) is 6.54 Å². The van der Waals surface area contributed by atoms with E-state index in [1.54, 1.807) is 6.07 Å². The summed E-state index contributed by atoms with van der Waals surface area (Å²) in [5.41, 5.74) is 8.60. The molecule has 0 radical (unpaired) electrons. The van der Waals surface area contributed by atoms with E-state index in [0.29, 0.717) is 16.9 Å². The van der Waals surface area contributed by atoms with Gasteiger partial charge >= 0.3 is 0 Å². The Balaban J connectivity index is 2.18. The number of hydrogen-bond donors (Lipinski definition) is 1. The van der Waals surface area contributed by atoms with E-state index in [1.165, 1.54) is 12.8 Å². The number of fused-ring (bicyclic) bond motifs is 1. The van der Waals surface area contributed by atoms with E-state index in [9.17, 15) is 0 Å². The fraction of sp³-hybridized carbons (Fsp3) is 0.385. The minimum Gasteiger partial charge on any atom is -0.369 e. The first-order valence-electron chi connectivity index (χ1n) is 5.78. The van der Waals surface area contributed by atoms with Crippen LogP contribution in [0.4, 0.5) is 5.95 Å². The van der Waals surface area contributed by atoms with Gasteiger partial charge in [-0.2, -0.15) is 5.26 Å². The predicted octanol–water partition coefficient (Wildman–Crippen LogP) is 2.29. The normalized spacial score (nSPS) is 16.9. The van der Waals surface area contributed by atoms with Crippen LogP contribution < -0.4 is 5.73 Å². The summed E-state index contributed by atoms with van der Waals surface area (Å²) in [7, 11) is 0. The SMILES string of the molecule is CC1(Cn2c(N)nc3c(C#N)cccc32)CC1. The molecule has 1 heterocycles. The van der Waals surface area contributed by atoms with Crippen molar-refractivity contribution in [2.24, 2.45) is 5.41 Å². The number of nitrogens with two attached hydrogens (primary N) is 1. The second-order valence-corrected chi connectivity index (χ2v) is 5.15. The van der Waals surface area contributed by atoms with Crippen LogP contribution in [0.15, 0.2) is 18.2 Å². The second kappa shape index (κ2) is 3.24. The number of nitrogen functional groups attached to an aromatic ring is 1. The van der Waals surface area contributed by atoms with Crippen molar-refractivity contribution >= 4 is 17.0 Å². The van der Waals surface area contributed by atoms with E-state index in [-0.39, 0.29) is 0 Å². The Morgan fingerprint density at radius 3 is 2.94 bits per heavy atom. The van der Waals surface area contributed by atoms with Crippen LogP contribution in [-0.4, -0.2) is 9.55 Å². The van der Waals surface area contributed by atoms with Gasteiger partial charge in [-0.15, -0.1) is 0 Å². The third-order valence-corrected chi connectivity index (χ3v) is 3.57. The molecule has 1 aliphatic rings. The van der Waals surface area contributed by atoms with E-state index in [0.717, 1.165) is 17.6 Å². The van der Waals surface area contributed by atoms with E-state index in [1.807, 2.05) is 16.7 Å². The van der Waals surface area contributed by atoms with Gasteiger partial charge in [-0.1, -0.05) is 13.0 Å². The zero-order chi connectivity index (χ0) is 12.0. The number of para-hydroxylation sites is 1. The van der Waals surface area contributed by atoms with Gasteiger partial charge in [-0.25, -0.2) is 4.98 Å². The minimum absolute atomic E-state index is 0.365. The first-order chi connectivity index (χ1) is 8.13. The average Bonchev–Trinajstić information content (AvgIpc) is 2.96. The van der Waals surface area contributed by atoms with Crippen molar-refractivity contribution < 1.29 is 0 Å². The summed E-state index contributed by atoms with van der Waals surface area (Å²) >= 11 is 0. The predicted molar refractivity (Wildman–Crippen MR) is 66.2 cm³/mol. The lowest BCUT2D eigenvalue weighted by atomic mass is 10.1. The first kappa shape index (κ1) is 10.2. The highest BCUT2D eigenvalue weighted by Crippen LogP contribution is 2.47. The first-order valence-corrected chi connectivity index (χ1v) is 5.78. The Bertz CT molecular complexity index is 629. The molecule has 1 fully saturated rings. The van der Waals surface area contributed by atoms with Crippen LogP contribution >= 0.6 is 0 Å². The standard InChI is InChI=1S/C13H14N4/c1-13(5-6-13)8-17-10-4-2-3-9(7-14)11(10)16-12(17)15/h2-4H,5-6,8H2,1H3,(H2,15,16). The van der Waals surface area contributed by atoms with Crippen molar-refractivity contribution in [3.8, 4) is 6.07 Å². The van der Waals surface area contributed by atoms with Crippen molar-refractivity contribution in [3.05, 3.63) is 23.8 Å². The lowest BCUT2D eigenvalue weighted by molar-refractivity contribution is 0.476. The smallest absolute Gasteiger partial charge is 0.201 e. The van der Waals surface area contributed by atoms with E-state index < -0.39 is 0 Å². The molecule has 0 aliphatic heterocycles. The number of nitrogens with zero attached hydrogens (tertiary/aromatic N) is 3. The number of benzene rings is 1. The van der Waals surface area contributed by atoms with Crippen LogP contribution in [0.3, 0.4) is 0 Å². The van der Waals surface area contributed by atoms with Gasteiger partial charge in [0.1, 0.15) is 11.6 Å². The lowest BCUT2D eigenvalue weighted by Gasteiger charge is -2.11. The maximum atomic E-state index is 9.04. The van der Waals surface area contributed by atoms with Gasteiger partial charge in [0.2, 0.25) is 5.95 Å². The fourth-order valence-corrected chi connectivity index (χ4v) is 2.17. The molecule has 0 saturated heterocycles. The quantitative estimate of drug-likeness (QED) is 0.854. The van der Waals surface area contributed by atoms with Gasteiger partial charge in [0.05, 0.1) is 11.1 Å². The van der Waals surface area contributed by atoms with Gasteiger partial charge in [0.15, 0.2) is 0 Å². The summed E-state index contributed by atoms with van der Waals surface area (Å²) in [6, 6.07) is 7.79. The third-order valence-electron chi connectivity index (χ3n) is 3.57. The van der Waals surface area contributed by atoms with Gasteiger partial charge in [-0.05, 0) is 30.4 Å². The van der Waals surface area contributed by atoms with Gasteiger partial charge < -0.3 is 10.3 Å². The van der Waals surface area contributed by atoms with Crippen molar-refractivity contribution in [2.45, 2.75) is 26.3 Å². The number of anilines is 1. The van der Waals surface area contributed by atoms with Crippen LogP contribution in [0, 0.1) is 16.7 Å². The molecular weight excluding hydrogens is 212 g/mol. The Kier molecular flexibility index (Phi) is 1.93. The number of imidazole rings is 1. The van der Waals surface area contributed by atoms with Crippen LogP contribution in [0.2, 0.25) is 0 Å². The van der Waals surface area contributed by atoms with Crippen molar-refractivity contribution in [1.29, 1.82) is 5.26 Å². The fourth-order valence-electron chi connectivity index (χ4n) is 2.17. The highest BCUT2D eigenvalue weighted by Gasteiger charge is 2.38. The van der Waals surface area contributed by atoms with Crippen LogP contribution in [0.1, 0.15) is 25.3 Å². The molecule has 17 heavy (non-hydrogen) atoms. The maximum absolute atomic E-state index is 9.04. The highest BCUT2D eigenvalue weighted by atomic mass is 15.2. The molecule has 1 saturated carbocycles. The molecule has 1 aromatic carbocycles. The van der Waals surface area contributed by atoms with Crippen molar-refractivity contribution in [2.75, 3.05) is 5.73 Å². The second-order valence-electron chi connectivity index (χ2n) is 5.15. The molecule has 2 N–H and O–H groups in total. The third kappa shape index (κ3) is 1.55. The number of hydrogen-bond acceptors (Lipinski definition) is 3. The summed E-state index contributed by atoms with van der Waals surface area (Å²) < 4.78 is 2.03. The molecule has 0 atom stereocenters. The van der Waals surface area contributed by atoms with Crippen molar-refractivity contribution in [1.82, 2.24) is 9.55 Å². The summed E-state index contributed by atoms with van der Waals surface area (Å²) in [6.07, 6.45) is 2.48. The van der Waals surface area contributed by atoms with Gasteiger partial charge in [0.25, 0.3) is 0 Å². The summed E-state index contributed by atoms with van der Waals surface area (Å²) in [4.78, 5) is 4.31. The largest absolute Gasteiger partial charge is 0.369 e. The summed E-state index contributed by atoms with van der Waals surface area (Å²) in [5.74, 6) is 0.510. The zero-order valence-corrected chi connectivity index (χ0v) is 9.77. The molecular formula is C13H14N4. The van der Waals surface area contributed by atoms with E-state index in [2.05, 4.69) is 18.0 Å². The molecule has 2 aromatic rings. The zero-order valence-electron chi connectivity index (χ0n) is 9.77. The Morgan fingerprint density at radius 2 is 2.29 bits per heavy atom. The van der Waals surface area contributed by atoms with E-state index >= 15 is 0 Å². The molecule has 4 nitrogen and oxygen atoms in total. The molecule has 86 valence electrons. The number of rotatable bonds is 2. The van der Waals surface area contributed by atoms with Gasteiger partial charge in [-0.3, -0.25) is 0 Å². The molecule has 1 aromatic heterocycles. The monoisotopic (exact) mass is 226 g/mol. The summed E-state index contributed by atoms with van der Waals surface area (Å²) in [5, 5.41) is 9.04.